The summed E-state index contributed by atoms with van der Waals surface area (Å²) in [5.41, 5.74) is 1.02. The number of thiophene rings is 1. The van der Waals surface area contributed by atoms with Crippen LogP contribution in [0.1, 0.15) is 25.2 Å². The van der Waals surface area contributed by atoms with Crippen molar-refractivity contribution in [1.82, 2.24) is 24.7 Å². The van der Waals surface area contributed by atoms with Gasteiger partial charge in [-0.25, -0.2) is 14.6 Å². The largest absolute Gasteiger partial charge is 0.308 e. The number of fused-ring (bicyclic) bond motifs is 1. The number of aromatic amines is 1. The third-order valence-electron chi connectivity index (χ3n) is 2.98. The number of nitrogens with zero attached hydrogens (tertiary/aromatic N) is 4. The molecule has 0 aromatic carbocycles. The van der Waals surface area contributed by atoms with Crippen molar-refractivity contribution >= 4 is 21.6 Å². The van der Waals surface area contributed by atoms with Crippen LogP contribution in [-0.4, -0.2) is 24.7 Å². The summed E-state index contributed by atoms with van der Waals surface area (Å²) in [6.07, 6.45) is 3.96. The molecular weight excluding hydrogens is 274 g/mol. The molecule has 0 aliphatic carbocycles. The Morgan fingerprint density at radius 1 is 1.45 bits per heavy atom. The molecule has 0 aliphatic rings. The average molecular weight is 289 g/mol. The molecule has 0 saturated carbocycles. The first-order valence-corrected chi connectivity index (χ1v) is 7.33. The van der Waals surface area contributed by atoms with E-state index < -0.39 is 0 Å². The van der Waals surface area contributed by atoms with Crippen LogP contribution in [0.4, 0.5) is 0 Å². The molecular formula is C13H15N5OS. The zero-order chi connectivity index (χ0) is 14.1. The van der Waals surface area contributed by atoms with Gasteiger partial charge in [0.2, 0.25) is 0 Å². The van der Waals surface area contributed by atoms with E-state index in [9.17, 15) is 4.79 Å². The molecule has 0 bridgehead atoms. The number of rotatable bonds is 4. The lowest BCUT2D eigenvalue weighted by Gasteiger charge is -2.03. The van der Waals surface area contributed by atoms with Crippen molar-refractivity contribution in [3.05, 3.63) is 39.8 Å². The van der Waals surface area contributed by atoms with Gasteiger partial charge in [0.1, 0.15) is 29.9 Å². The third kappa shape index (κ3) is 2.49. The Morgan fingerprint density at radius 2 is 2.30 bits per heavy atom. The van der Waals surface area contributed by atoms with Crippen molar-refractivity contribution in [2.45, 2.75) is 26.8 Å². The van der Waals surface area contributed by atoms with Crippen molar-refractivity contribution in [3.8, 4) is 0 Å². The standard InChI is InChI=1S/C13H15N5OS/c1-8(2)3-9-5-20-13-11(9)12(19)16-10(17-13)4-18-7-14-6-15-18/h5-8H,3-4H2,1-2H3,(H,16,17,19). The summed E-state index contributed by atoms with van der Waals surface area (Å²) in [5, 5.41) is 6.77. The molecule has 0 fully saturated rings. The fourth-order valence-corrected chi connectivity index (χ4v) is 3.16. The van der Waals surface area contributed by atoms with E-state index in [0.717, 1.165) is 22.2 Å². The molecule has 0 unspecified atom stereocenters. The van der Waals surface area contributed by atoms with E-state index in [4.69, 9.17) is 0 Å². The van der Waals surface area contributed by atoms with E-state index in [2.05, 4.69) is 33.9 Å². The van der Waals surface area contributed by atoms with Gasteiger partial charge in [-0.05, 0) is 23.3 Å². The Labute approximate surface area is 119 Å². The van der Waals surface area contributed by atoms with Crippen LogP contribution in [0.15, 0.2) is 22.8 Å². The van der Waals surface area contributed by atoms with Gasteiger partial charge in [-0.3, -0.25) is 4.79 Å². The fraction of sp³-hybridized carbons (Fsp3) is 0.385. The van der Waals surface area contributed by atoms with Gasteiger partial charge < -0.3 is 4.98 Å². The summed E-state index contributed by atoms with van der Waals surface area (Å²) >= 11 is 1.52. The minimum absolute atomic E-state index is 0.0676. The van der Waals surface area contributed by atoms with E-state index in [-0.39, 0.29) is 5.56 Å². The highest BCUT2D eigenvalue weighted by molar-refractivity contribution is 7.16. The molecule has 6 nitrogen and oxygen atoms in total. The lowest BCUT2D eigenvalue weighted by atomic mass is 10.0. The van der Waals surface area contributed by atoms with Gasteiger partial charge in [-0.1, -0.05) is 13.8 Å². The maximum Gasteiger partial charge on any atom is 0.259 e. The van der Waals surface area contributed by atoms with Gasteiger partial charge in [0.15, 0.2) is 0 Å². The van der Waals surface area contributed by atoms with Crippen molar-refractivity contribution < 1.29 is 0 Å². The average Bonchev–Trinajstić information content (AvgIpc) is 2.99. The van der Waals surface area contributed by atoms with E-state index in [1.54, 1.807) is 11.0 Å². The normalized spacial score (nSPS) is 11.6. The van der Waals surface area contributed by atoms with E-state index >= 15 is 0 Å². The Morgan fingerprint density at radius 3 is 3.00 bits per heavy atom. The quantitative estimate of drug-likeness (QED) is 0.795. The molecule has 7 heteroatoms. The predicted molar refractivity (Wildman–Crippen MR) is 77.9 cm³/mol. The molecule has 0 amide bonds. The number of nitrogens with one attached hydrogen (secondary N) is 1. The van der Waals surface area contributed by atoms with Crippen molar-refractivity contribution in [2.24, 2.45) is 5.92 Å². The van der Waals surface area contributed by atoms with Crippen molar-refractivity contribution in [3.63, 3.8) is 0 Å². The summed E-state index contributed by atoms with van der Waals surface area (Å²) in [6, 6.07) is 0. The predicted octanol–water partition coefficient (Wildman–Crippen LogP) is 1.82. The van der Waals surface area contributed by atoms with Crippen molar-refractivity contribution in [1.29, 1.82) is 0 Å². The Kier molecular flexibility index (Phi) is 3.35. The molecule has 0 saturated heterocycles. The maximum atomic E-state index is 12.3. The van der Waals surface area contributed by atoms with Crippen molar-refractivity contribution in [2.75, 3.05) is 0 Å². The van der Waals surface area contributed by atoms with Crippen LogP contribution in [0.2, 0.25) is 0 Å². The van der Waals surface area contributed by atoms with Crippen LogP contribution in [0.25, 0.3) is 10.2 Å². The summed E-state index contributed by atoms with van der Waals surface area (Å²) in [7, 11) is 0. The molecule has 3 heterocycles. The van der Waals surface area contributed by atoms with Crippen LogP contribution < -0.4 is 5.56 Å². The molecule has 0 spiro atoms. The highest BCUT2D eigenvalue weighted by Crippen LogP contribution is 2.23. The molecule has 20 heavy (non-hydrogen) atoms. The Hall–Kier alpha value is -2.02. The second kappa shape index (κ2) is 5.16. The fourth-order valence-electron chi connectivity index (χ4n) is 2.18. The minimum atomic E-state index is -0.0676. The first-order valence-electron chi connectivity index (χ1n) is 6.45. The smallest absolute Gasteiger partial charge is 0.259 e. The van der Waals surface area contributed by atoms with Crippen LogP contribution in [0, 0.1) is 5.92 Å². The summed E-state index contributed by atoms with van der Waals surface area (Å²) in [4.78, 5) is 24.3. The van der Waals surface area contributed by atoms with Crippen LogP contribution in [-0.2, 0) is 13.0 Å². The molecule has 3 aromatic rings. The summed E-state index contributed by atoms with van der Waals surface area (Å²) < 4.78 is 1.63. The summed E-state index contributed by atoms with van der Waals surface area (Å²) in [6.45, 7) is 4.71. The zero-order valence-corrected chi connectivity index (χ0v) is 12.1. The number of hydrogen-bond donors (Lipinski definition) is 1. The monoisotopic (exact) mass is 289 g/mol. The highest BCUT2D eigenvalue weighted by Gasteiger charge is 2.12. The second-order valence-corrected chi connectivity index (χ2v) is 6.00. The van der Waals surface area contributed by atoms with Crippen LogP contribution in [0.5, 0.6) is 0 Å². The first kappa shape index (κ1) is 13.0. The Balaban J connectivity index is 2.01. The second-order valence-electron chi connectivity index (χ2n) is 5.14. The van der Waals surface area contributed by atoms with E-state index in [1.165, 1.54) is 17.7 Å². The molecule has 1 N–H and O–H groups in total. The Bertz CT molecular complexity index is 772. The lowest BCUT2D eigenvalue weighted by molar-refractivity contribution is 0.648. The van der Waals surface area contributed by atoms with Crippen LogP contribution in [0.3, 0.4) is 0 Å². The van der Waals surface area contributed by atoms with Gasteiger partial charge in [-0.2, -0.15) is 5.10 Å². The first-order chi connectivity index (χ1) is 9.63. The maximum absolute atomic E-state index is 12.3. The molecule has 0 atom stereocenters. The lowest BCUT2D eigenvalue weighted by Crippen LogP contribution is -2.15. The zero-order valence-electron chi connectivity index (χ0n) is 11.3. The number of H-pyrrole nitrogens is 1. The van der Waals surface area contributed by atoms with Gasteiger partial charge in [0, 0.05) is 0 Å². The topological polar surface area (TPSA) is 76.5 Å². The minimum Gasteiger partial charge on any atom is -0.308 e. The third-order valence-corrected chi connectivity index (χ3v) is 3.90. The highest BCUT2D eigenvalue weighted by atomic mass is 32.1. The molecule has 104 valence electrons. The van der Waals surface area contributed by atoms with E-state index in [1.807, 2.05) is 5.38 Å². The molecule has 3 aromatic heterocycles. The number of hydrogen-bond acceptors (Lipinski definition) is 5. The van der Waals surface area contributed by atoms with E-state index in [0.29, 0.717) is 18.3 Å². The summed E-state index contributed by atoms with van der Waals surface area (Å²) in [5.74, 6) is 1.12. The SMILES string of the molecule is CC(C)Cc1csc2nc(Cn3cncn3)[nH]c(=O)c12. The van der Waals surface area contributed by atoms with Gasteiger partial charge in [0.05, 0.1) is 5.39 Å². The molecule has 0 aliphatic heterocycles. The molecule has 3 rings (SSSR count). The number of aromatic nitrogens is 5. The van der Waals surface area contributed by atoms with Gasteiger partial charge >= 0.3 is 0 Å². The van der Waals surface area contributed by atoms with Gasteiger partial charge in [0.25, 0.3) is 5.56 Å². The molecule has 0 radical (unpaired) electrons. The van der Waals surface area contributed by atoms with Crippen LogP contribution >= 0.6 is 11.3 Å². The van der Waals surface area contributed by atoms with Gasteiger partial charge in [-0.15, -0.1) is 11.3 Å².